The molecular formula is C15H16O2. The summed E-state index contributed by atoms with van der Waals surface area (Å²) in [5.41, 5.74) is 4.57. The van der Waals surface area contributed by atoms with Crippen LogP contribution >= 0.6 is 0 Å². The van der Waals surface area contributed by atoms with E-state index in [9.17, 15) is 10.2 Å². The summed E-state index contributed by atoms with van der Waals surface area (Å²) >= 11 is 0. The van der Waals surface area contributed by atoms with Gasteiger partial charge in [0.15, 0.2) is 11.5 Å². The lowest BCUT2D eigenvalue weighted by Gasteiger charge is -2.11. The van der Waals surface area contributed by atoms with E-state index in [0.29, 0.717) is 11.1 Å². The SMILES string of the molecule is Cc1ccc(-c2ccc(C)c(O)c2O)c(C)c1. The van der Waals surface area contributed by atoms with Crippen LogP contribution in [-0.4, -0.2) is 10.2 Å². The third-order valence-corrected chi connectivity index (χ3v) is 3.03. The number of rotatable bonds is 1. The second kappa shape index (κ2) is 4.13. The molecule has 0 bridgehead atoms. The van der Waals surface area contributed by atoms with Crippen LogP contribution in [0.1, 0.15) is 16.7 Å². The molecule has 0 aliphatic heterocycles. The maximum atomic E-state index is 9.98. The van der Waals surface area contributed by atoms with Gasteiger partial charge < -0.3 is 10.2 Å². The average Bonchev–Trinajstić information content (AvgIpc) is 2.28. The van der Waals surface area contributed by atoms with Gasteiger partial charge in [-0.3, -0.25) is 0 Å². The van der Waals surface area contributed by atoms with Crippen molar-refractivity contribution in [1.29, 1.82) is 0 Å². The van der Waals surface area contributed by atoms with Crippen LogP contribution in [0, 0.1) is 20.8 Å². The number of aromatic hydroxyl groups is 2. The molecule has 0 saturated carbocycles. The van der Waals surface area contributed by atoms with Crippen molar-refractivity contribution in [3.05, 3.63) is 47.0 Å². The summed E-state index contributed by atoms with van der Waals surface area (Å²) in [6, 6.07) is 9.67. The van der Waals surface area contributed by atoms with Crippen LogP contribution in [0.15, 0.2) is 30.3 Å². The van der Waals surface area contributed by atoms with Gasteiger partial charge in [-0.05, 0) is 37.5 Å². The second-order valence-corrected chi connectivity index (χ2v) is 4.45. The summed E-state index contributed by atoms with van der Waals surface area (Å²) < 4.78 is 0. The minimum Gasteiger partial charge on any atom is -0.504 e. The molecule has 0 aliphatic carbocycles. The molecule has 0 atom stereocenters. The smallest absolute Gasteiger partial charge is 0.165 e. The van der Waals surface area contributed by atoms with E-state index in [1.165, 1.54) is 5.56 Å². The fourth-order valence-electron chi connectivity index (χ4n) is 2.01. The third-order valence-electron chi connectivity index (χ3n) is 3.03. The summed E-state index contributed by atoms with van der Waals surface area (Å²) in [5, 5.41) is 19.7. The van der Waals surface area contributed by atoms with Crippen LogP contribution < -0.4 is 0 Å². The molecule has 2 aromatic carbocycles. The van der Waals surface area contributed by atoms with Crippen molar-refractivity contribution in [1.82, 2.24) is 0 Å². The van der Waals surface area contributed by atoms with Gasteiger partial charge in [0.2, 0.25) is 0 Å². The molecule has 0 aromatic heterocycles. The van der Waals surface area contributed by atoms with Crippen LogP contribution in [0.5, 0.6) is 11.5 Å². The van der Waals surface area contributed by atoms with Crippen molar-refractivity contribution in [3.63, 3.8) is 0 Å². The van der Waals surface area contributed by atoms with Crippen molar-refractivity contribution in [2.75, 3.05) is 0 Å². The van der Waals surface area contributed by atoms with Gasteiger partial charge in [0.05, 0.1) is 0 Å². The lowest BCUT2D eigenvalue weighted by Crippen LogP contribution is -1.87. The van der Waals surface area contributed by atoms with Gasteiger partial charge in [0.25, 0.3) is 0 Å². The second-order valence-electron chi connectivity index (χ2n) is 4.45. The Hall–Kier alpha value is -1.96. The monoisotopic (exact) mass is 228 g/mol. The summed E-state index contributed by atoms with van der Waals surface area (Å²) in [4.78, 5) is 0. The molecule has 2 rings (SSSR count). The number of hydrogen-bond acceptors (Lipinski definition) is 2. The van der Waals surface area contributed by atoms with E-state index < -0.39 is 0 Å². The van der Waals surface area contributed by atoms with Crippen molar-refractivity contribution in [2.24, 2.45) is 0 Å². The first-order chi connectivity index (χ1) is 8.00. The number of aryl methyl sites for hydroxylation is 3. The van der Waals surface area contributed by atoms with Crippen molar-refractivity contribution in [3.8, 4) is 22.6 Å². The number of phenolic OH excluding ortho intramolecular Hbond substituents is 2. The van der Waals surface area contributed by atoms with E-state index >= 15 is 0 Å². The predicted octanol–water partition coefficient (Wildman–Crippen LogP) is 3.69. The van der Waals surface area contributed by atoms with E-state index in [2.05, 4.69) is 6.07 Å². The summed E-state index contributed by atoms with van der Waals surface area (Å²) in [7, 11) is 0. The van der Waals surface area contributed by atoms with Crippen LogP contribution in [0.2, 0.25) is 0 Å². The fraction of sp³-hybridized carbons (Fsp3) is 0.200. The molecule has 0 spiro atoms. The lowest BCUT2D eigenvalue weighted by molar-refractivity contribution is 0.402. The van der Waals surface area contributed by atoms with Crippen LogP contribution in [0.25, 0.3) is 11.1 Å². The van der Waals surface area contributed by atoms with Gasteiger partial charge in [0, 0.05) is 5.56 Å². The highest BCUT2D eigenvalue weighted by atomic mass is 16.3. The van der Waals surface area contributed by atoms with Gasteiger partial charge in [-0.1, -0.05) is 35.9 Å². The molecule has 17 heavy (non-hydrogen) atoms. The Kier molecular flexibility index (Phi) is 2.80. The standard InChI is InChI=1S/C15H16O2/c1-9-4-6-12(11(3)8-9)13-7-5-10(2)14(16)15(13)17/h4-8,16-17H,1-3H3. The van der Waals surface area contributed by atoms with Gasteiger partial charge in [-0.15, -0.1) is 0 Å². The number of phenols is 2. The Morgan fingerprint density at radius 3 is 2.00 bits per heavy atom. The fourth-order valence-corrected chi connectivity index (χ4v) is 2.01. The highest BCUT2D eigenvalue weighted by Gasteiger charge is 2.12. The Labute approximate surface area is 101 Å². The molecule has 2 N–H and O–H groups in total. The van der Waals surface area contributed by atoms with Crippen LogP contribution in [-0.2, 0) is 0 Å². The van der Waals surface area contributed by atoms with Crippen LogP contribution in [0.3, 0.4) is 0 Å². The molecule has 2 heteroatoms. The van der Waals surface area contributed by atoms with Crippen molar-refractivity contribution in [2.45, 2.75) is 20.8 Å². The number of hydrogen-bond donors (Lipinski definition) is 2. The van der Waals surface area contributed by atoms with Gasteiger partial charge in [-0.25, -0.2) is 0 Å². The first-order valence-corrected chi connectivity index (χ1v) is 5.60. The lowest BCUT2D eigenvalue weighted by atomic mass is 9.96. The van der Waals surface area contributed by atoms with E-state index in [0.717, 1.165) is 11.1 Å². The topological polar surface area (TPSA) is 40.5 Å². The summed E-state index contributed by atoms with van der Waals surface area (Å²) in [5.74, 6) is -0.0839. The maximum Gasteiger partial charge on any atom is 0.165 e. The maximum absolute atomic E-state index is 9.98. The Balaban J connectivity index is 2.65. The highest BCUT2D eigenvalue weighted by Crippen LogP contribution is 2.39. The van der Waals surface area contributed by atoms with Gasteiger partial charge in [-0.2, -0.15) is 0 Å². The minimum absolute atomic E-state index is 0.0394. The quantitative estimate of drug-likeness (QED) is 0.731. The minimum atomic E-state index is -0.0445. The zero-order valence-corrected chi connectivity index (χ0v) is 10.3. The molecule has 88 valence electrons. The van der Waals surface area contributed by atoms with Crippen molar-refractivity contribution >= 4 is 0 Å². The zero-order valence-electron chi connectivity index (χ0n) is 10.3. The molecule has 2 nitrogen and oxygen atoms in total. The molecular weight excluding hydrogens is 212 g/mol. The zero-order chi connectivity index (χ0) is 12.6. The molecule has 0 aliphatic rings. The molecule has 0 saturated heterocycles. The van der Waals surface area contributed by atoms with Crippen molar-refractivity contribution < 1.29 is 10.2 Å². The highest BCUT2D eigenvalue weighted by molar-refractivity contribution is 5.76. The molecule has 0 fully saturated rings. The normalized spacial score (nSPS) is 10.5. The molecule has 0 heterocycles. The molecule has 2 aromatic rings. The molecule has 0 radical (unpaired) electrons. The molecule has 0 amide bonds. The van der Waals surface area contributed by atoms with Gasteiger partial charge >= 0.3 is 0 Å². The largest absolute Gasteiger partial charge is 0.504 e. The Morgan fingerprint density at radius 2 is 1.35 bits per heavy atom. The van der Waals surface area contributed by atoms with E-state index in [1.807, 2.05) is 38.1 Å². The predicted molar refractivity (Wildman–Crippen MR) is 69.4 cm³/mol. The van der Waals surface area contributed by atoms with E-state index in [-0.39, 0.29) is 11.5 Å². The summed E-state index contributed by atoms with van der Waals surface area (Å²) in [6.07, 6.45) is 0. The van der Waals surface area contributed by atoms with E-state index in [1.54, 1.807) is 6.92 Å². The van der Waals surface area contributed by atoms with Gasteiger partial charge in [0.1, 0.15) is 0 Å². The average molecular weight is 228 g/mol. The first kappa shape index (κ1) is 11.5. The third kappa shape index (κ3) is 1.98. The molecule has 0 unspecified atom stereocenters. The Bertz CT molecular complexity index is 571. The summed E-state index contributed by atoms with van der Waals surface area (Å²) in [6.45, 7) is 5.79. The Morgan fingerprint density at radius 1 is 0.706 bits per heavy atom. The first-order valence-electron chi connectivity index (χ1n) is 5.60. The van der Waals surface area contributed by atoms with Crippen LogP contribution in [0.4, 0.5) is 0 Å². The van der Waals surface area contributed by atoms with E-state index in [4.69, 9.17) is 0 Å². The number of benzene rings is 2.